The normalized spacial score (nSPS) is 10.9. The van der Waals surface area contributed by atoms with E-state index >= 15 is 0 Å². The quantitative estimate of drug-likeness (QED) is 0.216. The van der Waals surface area contributed by atoms with E-state index in [2.05, 4.69) is 0 Å². The van der Waals surface area contributed by atoms with Crippen molar-refractivity contribution >= 4 is 21.5 Å². The molecule has 0 saturated carbocycles. The first kappa shape index (κ1) is 22.8. The van der Waals surface area contributed by atoms with Crippen molar-refractivity contribution < 1.29 is 31.3 Å². The number of hydrogen-bond donors (Lipinski definition) is 2. The molecule has 172 valence electrons. The van der Waals surface area contributed by atoms with Gasteiger partial charge in [-0.3, -0.25) is 0 Å². The van der Waals surface area contributed by atoms with Gasteiger partial charge in [0.15, 0.2) is 0 Å². The van der Waals surface area contributed by atoms with Crippen molar-refractivity contribution in [3.8, 4) is 45.4 Å². The Morgan fingerprint density at radius 2 is 0.829 bits per heavy atom. The van der Waals surface area contributed by atoms with Crippen LogP contribution in [0.4, 0.5) is 0 Å². The Morgan fingerprint density at radius 3 is 1.26 bits per heavy atom. The predicted octanol–water partition coefficient (Wildman–Crippen LogP) is 7.19. The summed E-state index contributed by atoms with van der Waals surface area (Å²) in [5, 5.41) is 25.0. The molecule has 0 bridgehead atoms. The Hall–Kier alpha value is -4.01. The Bertz CT molecular complexity index is 1570. The number of aromatic hydroxyl groups is 2. The molecule has 0 atom stereocenters. The van der Waals surface area contributed by atoms with E-state index in [1.807, 2.05) is 84.9 Å². The predicted molar refractivity (Wildman–Crippen MR) is 137 cm³/mol. The molecule has 6 aromatic rings. The molecule has 0 aliphatic rings. The van der Waals surface area contributed by atoms with Crippen LogP contribution >= 0.6 is 0 Å². The Balaban J connectivity index is 0.00000253. The zero-order valence-corrected chi connectivity index (χ0v) is 20.8. The molecule has 0 saturated heterocycles. The average Bonchev–Trinajstić information content (AvgIpc) is 2.88. The molecule has 0 aliphatic carbocycles. The third-order valence-electron chi connectivity index (χ3n) is 6.06. The molecule has 5 heteroatoms. The van der Waals surface area contributed by atoms with Gasteiger partial charge in [-0.2, -0.15) is 0 Å². The minimum atomic E-state index is 0. The third kappa shape index (κ3) is 4.07. The second kappa shape index (κ2) is 9.32. The van der Waals surface area contributed by atoms with Crippen LogP contribution in [0.1, 0.15) is 0 Å². The van der Waals surface area contributed by atoms with Crippen LogP contribution < -0.4 is 0 Å². The number of phenolic OH excluding ortho intramolecular Hbond substituents is 2. The van der Waals surface area contributed by atoms with Crippen molar-refractivity contribution in [1.29, 1.82) is 0 Å². The van der Waals surface area contributed by atoms with Crippen LogP contribution in [0.25, 0.3) is 55.4 Å². The van der Waals surface area contributed by atoms with Gasteiger partial charge in [0.05, 0.1) is 22.8 Å². The van der Waals surface area contributed by atoms with Crippen LogP contribution in [0.3, 0.4) is 0 Å². The summed E-state index contributed by atoms with van der Waals surface area (Å²) in [5.74, 6) is 0.359. The molecule has 0 unspecified atom stereocenters. The summed E-state index contributed by atoms with van der Waals surface area (Å²) in [6, 6.07) is 34.5. The third-order valence-corrected chi connectivity index (χ3v) is 6.06. The van der Waals surface area contributed by atoms with Gasteiger partial charge in [0, 0.05) is 43.0 Å². The molecular formula is C30H20N2O2Pt. The molecule has 6 rings (SSSR count). The smallest absolute Gasteiger partial charge is 0.124 e. The molecule has 0 spiro atoms. The topological polar surface area (TPSA) is 66.2 Å². The van der Waals surface area contributed by atoms with Crippen LogP contribution in [0.2, 0.25) is 0 Å². The first-order valence-electron chi connectivity index (χ1n) is 11.1. The summed E-state index contributed by atoms with van der Waals surface area (Å²) in [7, 11) is 0. The number of pyridine rings is 2. The fraction of sp³-hybridized carbons (Fsp3) is 0. The minimum Gasteiger partial charge on any atom is -0.507 e. The molecule has 4 aromatic carbocycles. The number of phenols is 2. The van der Waals surface area contributed by atoms with Crippen LogP contribution in [0, 0.1) is 0 Å². The van der Waals surface area contributed by atoms with Gasteiger partial charge in [-0.25, -0.2) is 9.97 Å². The van der Waals surface area contributed by atoms with Crippen molar-refractivity contribution in [1.82, 2.24) is 9.97 Å². The van der Waals surface area contributed by atoms with Gasteiger partial charge in [0.25, 0.3) is 0 Å². The van der Waals surface area contributed by atoms with Crippen molar-refractivity contribution in [2.75, 3.05) is 0 Å². The molecule has 0 fully saturated rings. The number of benzene rings is 4. The van der Waals surface area contributed by atoms with Gasteiger partial charge in [-0.15, -0.1) is 0 Å². The zero-order chi connectivity index (χ0) is 23.1. The maximum atomic E-state index is 10.6. The summed E-state index contributed by atoms with van der Waals surface area (Å²) in [4.78, 5) is 9.96. The largest absolute Gasteiger partial charge is 0.507 e. The molecular weight excluding hydrogens is 615 g/mol. The van der Waals surface area contributed by atoms with Gasteiger partial charge in [0.1, 0.15) is 11.5 Å². The summed E-state index contributed by atoms with van der Waals surface area (Å²) in [6.07, 6.45) is 0. The standard InChI is InChI=1S/C30H20N2O2.Pt/c33-27-15-7-5-13-23(27)29-21-11-3-1-9-19(21)17-25(31-29)26-18-20-10-2-4-12-22(20)30(32-26)24-14-6-8-16-28(24)34;/h1-18,33-34H;. The second-order valence-electron chi connectivity index (χ2n) is 8.19. The second-order valence-corrected chi connectivity index (χ2v) is 8.19. The molecule has 2 aromatic heterocycles. The molecule has 0 aliphatic heterocycles. The van der Waals surface area contributed by atoms with Gasteiger partial charge < -0.3 is 10.2 Å². The number of para-hydroxylation sites is 2. The van der Waals surface area contributed by atoms with Crippen molar-refractivity contribution in [2.24, 2.45) is 0 Å². The number of nitrogens with zero attached hydrogens (tertiary/aromatic N) is 2. The Labute approximate surface area is 216 Å². The molecule has 2 heterocycles. The number of hydrogen-bond acceptors (Lipinski definition) is 4. The van der Waals surface area contributed by atoms with E-state index in [1.54, 1.807) is 24.3 Å². The van der Waals surface area contributed by atoms with Gasteiger partial charge in [-0.05, 0) is 47.2 Å². The first-order chi connectivity index (χ1) is 16.7. The van der Waals surface area contributed by atoms with Crippen LogP contribution in [-0.4, -0.2) is 20.2 Å². The fourth-order valence-electron chi connectivity index (χ4n) is 4.42. The number of aromatic nitrogens is 2. The van der Waals surface area contributed by atoms with Gasteiger partial charge >= 0.3 is 0 Å². The SMILES string of the molecule is Oc1ccccc1-c1nc(-c2cc3ccccc3c(-c3ccccc3O)n2)cc2ccccc12.[Pt]. The zero-order valence-electron chi connectivity index (χ0n) is 18.5. The fourth-order valence-corrected chi connectivity index (χ4v) is 4.42. The average molecular weight is 636 g/mol. The van der Waals surface area contributed by atoms with E-state index in [9.17, 15) is 10.2 Å². The number of rotatable bonds is 3. The molecule has 35 heavy (non-hydrogen) atoms. The maximum Gasteiger partial charge on any atom is 0.124 e. The molecule has 0 radical (unpaired) electrons. The Kier molecular flexibility index (Phi) is 6.06. The van der Waals surface area contributed by atoms with E-state index < -0.39 is 0 Å². The summed E-state index contributed by atoms with van der Waals surface area (Å²) < 4.78 is 0. The molecule has 4 nitrogen and oxygen atoms in total. The van der Waals surface area contributed by atoms with E-state index in [4.69, 9.17) is 9.97 Å². The van der Waals surface area contributed by atoms with Crippen LogP contribution in [-0.2, 0) is 21.1 Å². The van der Waals surface area contributed by atoms with Crippen molar-refractivity contribution in [2.45, 2.75) is 0 Å². The van der Waals surface area contributed by atoms with Gasteiger partial charge in [0.2, 0.25) is 0 Å². The minimum absolute atomic E-state index is 0. The number of fused-ring (bicyclic) bond motifs is 2. The van der Waals surface area contributed by atoms with Gasteiger partial charge in [-0.1, -0.05) is 72.8 Å². The molecule has 0 amide bonds. The van der Waals surface area contributed by atoms with E-state index in [0.717, 1.165) is 21.5 Å². The van der Waals surface area contributed by atoms with E-state index in [-0.39, 0.29) is 32.6 Å². The van der Waals surface area contributed by atoms with Crippen LogP contribution in [0.5, 0.6) is 11.5 Å². The van der Waals surface area contributed by atoms with E-state index in [1.165, 1.54) is 0 Å². The summed E-state index contributed by atoms with van der Waals surface area (Å²) >= 11 is 0. The van der Waals surface area contributed by atoms with Crippen molar-refractivity contribution in [3.63, 3.8) is 0 Å². The first-order valence-corrected chi connectivity index (χ1v) is 11.1. The summed E-state index contributed by atoms with van der Waals surface area (Å²) in [6.45, 7) is 0. The summed E-state index contributed by atoms with van der Waals surface area (Å²) in [5.41, 5.74) is 4.12. The van der Waals surface area contributed by atoms with E-state index in [0.29, 0.717) is 33.9 Å². The van der Waals surface area contributed by atoms with Crippen LogP contribution in [0.15, 0.2) is 109 Å². The monoisotopic (exact) mass is 635 g/mol. The Morgan fingerprint density at radius 1 is 0.457 bits per heavy atom. The molecule has 2 N–H and O–H groups in total. The van der Waals surface area contributed by atoms with Crippen molar-refractivity contribution in [3.05, 3.63) is 109 Å². The maximum absolute atomic E-state index is 10.6.